The second kappa shape index (κ2) is 6.69. The minimum Gasteiger partial charge on any atom is -0.339 e. The lowest BCUT2D eigenvalue weighted by molar-refractivity contribution is -0.130. The zero-order chi connectivity index (χ0) is 15.2. The van der Waals surface area contributed by atoms with E-state index in [1.807, 2.05) is 29.1 Å². The van der Waals surface area contributed by atoms with Gasteiger partial charge in [-0.1, -0.05) is 0 Å². The van der Waals surface area contributed by atoms with Crippen LogP contribution in [-0.4, -0.2) is 34.2 Å². The average Bonchev–Trinajstić information content (AvgIpc) is 3.06. The van der Waals surface area contributed by atoms with E-state index in [2.05, 4.69) is 5.32 Å². The quantitative estimate of drug-likeness (QED) is 0.460. The van der Waals surface area contributed by atoms with Crippen LogP contribution in [-0.2, 0) is 4.79 Å². The first-order valence-corrected chi connectivity index (χ1v) is 6.34. The summed E-state index contributed by atoms with van der Waals surface area (Å²) in [5, 5.41) is 11.0. The van der Waals surface area contributed by atoms with E-state index in [1.165, 1.54) is 5.48 Å². The molecule has 1 heterocycles. The van der Waals surface area contributed by atoms with Gasteiger partial charge < -0.3 is 15.6 Å². The molecule has 2 amide bonds. The van der Waals surface area contributed by atoms with Crippen molar-refractivity contribution in [3.63, 3.8) is 0 Å². The molecule has 0 fully saturated rings. The van der Waals surface area contributed by atoms with Gasteiger partial charge in [-0.2, -0.15) is 0 Å². The van der Waals surface area contributed by atoms with E-state index in [-0.39, 0.29) is 6.54 Å². The molecule has 1 aromatic heterocycles. The molecular formula is C14H16N4O3. The Bertz CT molecular complexity index is 608. The summed E-state index contributed by atoms with van der Waals surface area (Å²) in [7, 11) is 0. The van der Waals surface area contributed by atoms with E-state index in [4.69, 9.17) is 10.9 Å². The van der Waals surface area contributed by atoms with Gasteiger partial charge in [0.2, 0.25) is 0 Å². The van der Waals surface area contributed by atoms with Crippen molar-refractivity contribution in [3.8, 4) is 5.69 Å². The molecule has 0 spiro atoms. The second-order valence-electron chi connectivity index (χ2n) is 4.37. The number of nitrogens with one attached hydrogen (secondary N) is 2. The molecule has 5 N–H and O–H groups in total. The van der Waals surface area contributed by atoms with Gasteiger partial charge >= 0.3 is 0 Å². The highest BCUT2D eigenvalue weighted by atomic mass is 16.5. The van der Waals surface area contributed by atoms with Crippen LogP contribution in [0, 0.1) is 0 Å². The Morgan fingerprint density at radius 1 is 1.19 bits per heavy atom. The Morgan fingerprint density at radius 2 is 1.81 bits per heavy atom. The Kier molecular flexibility index (Phi) is 4.70. The molecular weight excluding hydrogens is 272 g/mol. The number of hydrogen-bond acceptors (Lipinski definition) is 4. The molecule has 0 aliphatic heterocycles. The van der Waals surface area contributed by atoms with Crippen molar-refractivity contribution in [2.75, 3.05) is 6.54 Å². The lowest BCUT2D eigenvalue weighted by Gasteiger charge is -2.14. The highest BCUT2D eigenvalue weighted by Gasteiger charge is 2.19. The minimum atomic E-state index is -0.980. The van der Waals surface area contributed by atoms with Gasteiger partial charge in [-0.15, -0.1) is 0 Å². The number of amides is 2. The Hall–Kier alpha value is -2.64. The summed E-state index contributed by atoms with van der Waals surface area (Å²) in [4.78, 5) is 23.3. The molecule has 0 saturated carbocycles. The SMILES string of the molecule is NC[C@H](NC(=O)c1ccc(-n2cccc2)cc1)C(=O)NO. The smallest absolute Gasteiger partial charge is 0.267 e. The first-order chi connectivity index (χ1) is 10.2. The second-order valence-corrected chi connectivity index (χ2v) is 4.37. The molecule has 0 bridgehead atoms. The number of hydroxylamine groups is 1. The number of carbonyl (C=O) groups is 2. The molecule has 2 rings (SSSR count). The van der Waals surface area contributed by atoms with Crippen molar-refractivity contribution in [2.24, 2.45) is 5.73 Å². The average molecular weight is 288 g/mol. The van der Waals surface area contributed by atoms with E-state index < -0.39 is 17.9 Å². The van der Waals surface area contributed by atoms with Crippen LogP contribution in [0.5, 0.6) is 0 Å². The maximum absolute atomic E-state index is 12.0. The van der Waals surface area contributed by atoms with E-state index in [1.54, 1.807) is 24.3 Å². The molecule has 21 heavy (non-hydrogen) atoms. The fraction of sp³-hybridized carbons (Fsp3) is 0.143. The van der Waals surface area contributed by atoms with Crippen LogP contribution in [0.4, 0.5) is 0 Å². The third kappa shape index (κ3) is 3.47. The maximum Gasteiger partial charge on any atom is 0.267 e. The summed E-state index contributed by atoms with van der Waals surface area (Å²) in [6.07, 6.45) is 3.79. The lowest BCUT2D eigenvalue weighted by Crippen LogP contribution is -2.50. The van der Waals surface area contributed by atoms with Crippen molar-refractivity contribution in [2.45, 2.75) is 6.04 Å². The molecule has 0 aliphatic rings. The zero-order valence-corrected chi connectivity index (χ0v) is 11.2. The molecule has 0 saturated heterocycles. The Morgan fingerprint density at radius 3 is 2.33 bits per heavy atom. The number of carbonyl (C=O) groups excluding carboxylic acids is 2. The Labute approximate surface area is 121 Å². The van der Waals surface area contributed by atoms with E-state index >= 15 is 0 Å². The fourth-order valence-corrected chi connectivity index (χ4v) is 1.84. The van der Waals surface area contributed by atoms with Crippen molar-refractivity contribution in [1.82, 2.24) is 15.4 Å². The van der Waals surface area contributed by atoms with Crippen molar-refractivity contribution >= 4 is 11.8 Å². The van der Waals surface area contributed by atoms with Gasteiger partial charge in [-0.05, 0) is 36.4 Å². The zero-order valence-electron chi connectivity index (χ0n) is 11.2. The standard InChI is InChI=1S/C14H16N4O3/c15-9-12(14(20)17-21)16-13(19)10-3-5-11(6-4-10)18-7-1-2-8-18/h1-8,12,21H,9,15H2,(H,16,19)(H,17,20)/t12-/m0/s1. The number of hydrogen-bond donors (Lipinski definition) is 4. The van der Waals surface area contributed by atoms with Crippen molar-refractivity contribution < 1.29 is 14.8 Å². The van der Waals surface area contributed by atoms with E-state index in [0.717, 1.165) is 5.69 Å². The molecule has 2 aromatic rings. The first kappa shape index (κ1) is 14.8. The number of rotatable bonds is 5. The van der Waals surface area contributed by atoms with Gasteiger partial charge in [0, 0.05) is 30.2 Å². The predicted octanol–water partition coefficient (Wildman–Crippen LogP) is 0.0398. The molecule has 7 nitrogen and oxygen atoms in total. The summed E-state index contributed by atoms with van der Waals surface area (Å²) in [6.45, 7) is -0.112. The van der Waals surface area contributed by atoms with E-state index in [0.29, 0.717) is 5.56 Å². The van der Waals surface area contributed by atoms with Crippen LogP contribution >= 0.6 is 0 Å². The van der Waals surface area contributed by atoms with Crippen molar-refractivity contribution in [1.29, 1.82) is 0 Å². The normalized spacial score (nSPS) is 11.7. The molecule has 0 unspecified atom stereocenters. The highest BCUT2D eigenvalue weighted by Crippen LogP contribution is 2.10. The third-order valence-electron chi connectivity index (χ3n) is 3.00. The number of benzene rings is 1. The van der Waals surface area contributed by atoms with Crippen LogP contribution in [0.3, 0.4) is 0 Å². The maximum atomic E-state index is 12.0. The van der Waals surface area contributed by atoms with Gasteiger partial charge in [0.25, 0.3) is 11.8 Å². The van der Waals surface area contributed by atoms with Crippen LogP contribution in [0.15, 0.2) is 48.8 Å². The number of nitrogens with two attached hydrogens (primary N) is 1. The lowest BCUT2D eigenvalue weighted by atomic mass is 10.1. The number of nitrogens with zero attached hydrogens (tertiary/aromatic N) is 1. The third-order valence-corrected chi connectivity index (χ3v) is 3.00. The van der Waals surface area contributed by atoms with Gasteiger partial charge in [-0.25, -0.2) is 5.48 Å². The summed E-state index contributed by atoms with van der Waals surface area (Å²) < 4.78 is 1.91. The van der Waals surface area contributed by atoms with Gasteiger partial charge in [0.15, 0.2) is 0 Å². The van der Waals surface area contributed by atoms with Crippen molar-refractivity contribution in [3.05, 3.63) is 54.4 Å². The molecule has 110 valence electrons. The minimum absolute atomic E-state index is 0.112. The molecule has 0 radical (unpaired) electrons. The van der Waals surface area contributed by atoms with Gasteiger partial charge in [-0.3, -0.25) is 14.8 Å². The van der Waals surface area contributed by atoms with Crippen LogP contribution in [0.25, 0.3) is 5.69 Å². The summed E-state index contributed by atoms with van der Waals surface area (Å²) >= 11 is 0. The molecule has 7 heteroatoms. The summed E-state index contributed by atoms with van der Waals surface area (Å²) in [5.74, 6) is -1.19. The summed E-state index contributed by atoms with van der Waals surface area (Å²) in [6, 6.07) is 9.70. The van der Waals surface area contributed by atoms with E-state index in [9.17, 15) is 9.59 Å². The number of aromatic nitrogens is 1. The largest absolute Gasteiger partial charge is 0.339 e. The van der Waals surface area contributed by atoms with Gasteiger partial charge in [0.05, 0.1) is 0 Å². The van der Waals surface area contributed by atoms with Crippen LogP contribution < -0.4 is 16.5 Å². The molecule has 1 aromatic carbocycles. The summed E-state index contributed by atoms with van der Waals surface area (Å²) in [5.41, 5.74) is 8.15. The molecule has 0 aliphatic carbocycles. The first-order valence-electron chi connectivity index (χ1n) is 6.34. The van der Waals surface area contributed by atoms with Crippen LogP contribution in [0.1, 0.15) is 10.4 Å². The highest BCUT2D eigenvalue weighted by molar-refractivity contribution is 5.97. The Balaban J connectivity index is 2.08. The van der Waals surface area contributed by atoms with Crippen LogP contribution in [0.2, 0.25) is 0 Å². The van der Waals surface area contributed by atoms with Gasteiger partial charge in [0.1, 0.15) is 6.04 Å². The topological polar surface area (TPSA) is 109 Å². The predicted molar refractivity (Wildman–Crippen MR) is 76.0 cm³/mol. The molecule has 1 atom stereocenters. The fourth-order valence-electron chi connectivity index (χ4n) is 1.84. The monoisotopic (exact) mass is 288 g/mol.